The Labute approximate surface area is 128 Å². The molecule has 1 fully saturated rings. The Hall–Kier alpha value is -2.25. The van der Waals surface area contributed by atoms with Crippen molar-refractivity contribution in [3.8, 4) is 0 Å². The van der Waals surface area contributed by atoms with Gasteiger partial charge in [0.1, 0.15) is 6.04 Å². The van der Waals surface area contributed by atoms with Gasteiger partial charge in [0.25, 0.3) is 5.91 Å². The van der Waals surface area contributed by atoms with Crippen LogP contribution >= 0.6 is 0 Å². The summed E-state index contributed by atoms with van der Waals surface area (Å²) in [6.45, 7) is 1.59. The van der Waals surface area contributed by atoms with E-state index in [1.54, 1.807) is 37.3 Å². The van der Waals surface area contributed by atoms with Gasteiger partial charge < -0.3 is 5.11 Å². The van der Waals surface area contributed by atoms with Crippen LogP contribution in [0, 0.1) is 0 Å². The maximum atomic E-state index is 12.2. The van der Waals surface area contributed by atoms with E-state index in [1.807, 2.05) is 0 Å². The molecule has 7 heteroatoms. The zero-order chi connectivity index (χ0) is 16.1. The zero-order valence-electron chi connectivity index (χ0n) is 12.3. The zero-order valence-corrected chi connectivity index (χ0v) is 12.3. The summed E-state index contributed by atoms with van der Waals surface area (Å²) in [4.78, 5) is 36.9. The molecular weight excluding hydrogens is 286 g/mol. The number of anilines is 1. The van der Waals surface area contributed by atoms with Crippen molar-refractivity contribution in [2.45, 2.75) is 38.3 Å². The number of amides is 3. The van der Waals surface area contributed by atoms with E-state index in [1.165, 1.54) is 0 Å². The molecular formula is C15H19N3O4. The van der Waals surface area contributed by atoms with Crippen LogP contribution < -0.4 is 15.8 Å². The SMILES string of the molecule is C[C@@H](O)CCC(=O)NN[C@H]1CC(=O)N(c2ccccc2)C1=O. The van der Waals surface area contributed by atoms with Gasteiger partial charge in [-0.3, -0.25) is 19.8 Å². The molecule has 1 aromatic rings. The molecule has 7 nitrogen and oxygen atoms in total. The summed E-state index contributed by atoms with van der Waals surface area (Å²) in [5, 5.41) is 9.11. The average Bonchev–Trinajstić information content (AvgIpc) is 2.78. The van der Waals surface area contributed by atoms with E-state index in [0.29, 0.717) is 12.1 Å². The van der Waals surface area contributed by atoms with Crippen molar-refractivity contribution in [1.29, 1.82) is 0 Å². The summed E-state index contributed by atoms with van der Waals surface area (Å²) in [6.07, 6.45) is -0.0953. The number of carbonyl (C=O) groups is 3. The highest BCUT2D eigenvalue weighted by Gasteiger charge is 2.39. The molecule has 118 valence electrons. The first-order valence-electron chi connectivity index (χ1n) is 7.13. The number of rotatable bonds is 6. The number of aliphatic hydroxyl groups is 1. The van der Waals surface area contributed by atoms with Gasteiger partial charge in [-0.1, -0.05) is 18.2 Å². The molecule has 0 bridgehead atoms. The third kappa shape index (κ3) is 3.90. The van der Waals surface area contributed by atoms with Gasteiger partial charge in [-0.25, -0.2) is 10.3 Å². The Morgan fingerprint density at radius 3 is 2.68 bits per heavy atom. The lowest BCUT2D eigenvalue weighted by atomic mass is 10.2. The molecule has 0 spiro atoms. The topological polar surface area (TPSA) is 98.7 Å². The number of hydrogen-bond acceptors (Lipinski definition) is 5. The van der Waals surface area contributed by atoms with E-state index in [0.717, 1.165) is 4.90 Å². The van der Waals surface area contributed by atoms with Gasteiger partial charge >= 0.3 is 0 Å². The van der Waals surface area contributed by atoms with E-state index in [9.17, 15) is 14.4 Å². The molecule has 22 heavy (non-hydrogen) atoms. The Morgan fingerprint density at radius 2 is 2.05 bits per heavy atom. The molecule has 0 aromatic heterocycles. The lowest BCUT2D eigenvalue weighted by Crippen LogP contribution is -2.48. The van der Waals surface area contributed by atoms with Gasteiger partial charge in [-0.2, -0.15) is 0 Å². The van der Waals surface area contributed by atoms with Crippen LogP contribution in [0.2, 0.25) is 0 Å². The van der Waals surface area contributed by atoms with E-state index >= 15 is 0 Å². The summed E-state index contributed by atoms with van der Waals surface area (Å²) in [7, 11) is 0. The molecule has 3 amide bonds. The fourth-order valence-corrected chi connectivity index (χ4v) is 2.16. The molecule has 2 atom stereocenters. The predicted octanol–water partition coefficient (Wildman–Crippen LogP) is 0.100. The summed E-state index contributed by atoms with van der Waals surface area (Å²) in [5.74, 6) is -1.04. The van der Waals surface area contributed by atoms with E-state index in [2.05, 4.69) is 10.9 Å². The fraction of sp³-hybridized carbons (Fsp3) is 0.400. The highest BCUT2D eigenvalue weighted by molar-refractivity contribution is 6.22. The lowest BCUT2D eigenvalue weighted by molar-refractivity contribution is -0.123. The molecule has 0 saturated carbocycles. The maximum Gasteiger partial charge on any atom is 0.253 e. The molecule has 2 rings (SSSR count). The van der Waals surface area contributed by atoms with Gasteiger partial charge in [0.2, 0.25) is 11.8 Å². The number of nitrogens with one attached hydrogen (secondary N) is 2. The molecule has 1 saturated heterocycles. The van der Waals surface area contributed by atoms with E-state index < -0.39 is 18.1 Å². The van der Waals surface area contributed by atoms with Gasteiger partial charge in [-0.05, 0) is 25.5 Å². The third-order valence-electron chi connectivity index (χ3n) is 3.34. The average molecular weight is 305 g/mol. The van der Waals surface area contributed by atoms with Crippen LogP contribution in [0.3, 0.4) is 0 Å². The maximum absolute atomic E-state index is 12.2. The molecule has 3 N–H and O–H groups in total. The first-order chi connectivity index (χ1) is 10.5. The van der Waals surface area contributed by atoms with E-state index in [-0.39, 0.29) is 24.7 Å². The first kappa shape index (κ1) is 16.1. The van der Waals surface area contributed by atoms with Crippen LogP contribution in [0.4, 0.5) is 5.69 Å². The summed E-state index contributed by atoms with van der Waals surface area (Å²) in [6, 6.07) is 7.87. The summed E-state index contributed by atoms with van der Waals surface area (Å²) < 4.78 is 0. The van der Waals surface area contributed by atoms with Crippen LogP contribution in [-0.4, -0.2) is 35.0 Å². The molecule has 1 aliphatic rings. The number of hydrogen-bond donors (Lipinski definition) is 3. The predicted molar refractivity (Wildman–Crippen MR) is 79.5 cm³/mol. The van der Waals surface area contributed by atoms with Gasteiger partial charge in [0, 0.05) is 6.42 Å². The van der Waals surface area contributed by atoms with E-state index in [4.69, 9.17) is 5.11 Å². The first-order valence-corrected chi connectivity index (χ1v) is 7.13. The van der Waals surface area contributed by atoms with Gasteiger partial charge in [-0.15, -0.1) is 0 Å². The van der Waals surface area contributed by atoms with Gasteiger partial charge in [0.05, 0.1) is 18.2 Å². The number of benzene rings is 1. The second-order valence-corrected chi connectivity index (χ2v) is 5.24. The largest absolute Gasteiger partial charge is 0.393 e. The number of nitrogens with zero attached hydrogens (tertiary/aromatic N) is 1. The second kappa shape index (κ2) is 7.15. The quantitative estimate of drug-likeness (QED) is 0.511. The van der Waals surface area contributed by atoms with Crippen molar-refractivity contribution in [3.63, 3.8) is 0 Å². The van der Waals surface area contributed by atoms with Crippen LogP contribution in [0.5, 0.6) is 0 Å². The Balaban J connectivity index is 1.91. The van der Waals surface area contributed by atoms with Crippen LogP contribution in [0.25, 0.3) is 0 Å². The highest BCUT2D eigenvalue weighted by Crippen LogP contribution is 2.21. The number of para-hydroxylation sites is 1. The second-order valence-electron chi connectivity index (χ2n) is 5.24. The number of carbonyl (C=O) groups excluding carboxylic acids is 3. The number of hydrazine groups is 1. The van der Waals surface area contributed by atoms with Crippen LogP contribution in [0.15, 0.2) is 30.3 Å². The molecule has 0 radical (unpaired) electrons. The minimum absolute atomic E-state index is 0.00951. The Kier molecular flexibility index (Phi) is 5.24. The molecule has 1 heterocycles. The molecule has 1 aliphatic heterocycles. The molecule has 0 unspecified atom stereocenters. The van der Waals surface area contributed by atoms with Crippen molar-refractivity contribution in [1.82, 2.24) is 10.9 Å². The third-order valence-corrected chi connectivity index (χ3v) is 3.34. The Morgan fingerprint density at radius 1 is 1.36 bits per heavy atom. The normalized spacial score (nSPS) is 19.4. The van der Waals surface area contributed by atoms with Crippen molar-refractivity contribution in [2.24, 2.45) is 0 Å². The van der Waals surface area contributed by atoms with Crippen molar-refractivity contribution >= 4 is 23.4 Å². The monoisotopic (exact) mass is 305 g/mol. The Bertz CT molecular complexity index is 559. The number of imide groups is 1. The van der Waals surface area contributed by atoms with Crippen molar-refractivity contribution < 1.29 is 19.5 Å². The molecule has 1 aromatic carbocycles. The summed E-state index contributed by atoms with van der Waals surface area (Å²) >= 11 is 0. The molecule has 0 aliphatic carbocycles. The minimum atomic E-state index is -0.775. The fourth-order valence-electron chi connectivity index (χ4n) is 2.16. The van der Waals surface area contributed by atoms with Crippen LogP contribution in [0.1, 0.15) is 26.2 Å². The number of aliphatic hydroxyl groups excluding tert-OH is 1. The van der Waals surface area contributed by atoms with Gasteiger partial charge in [0.15, 0.2) is 0 Å². The van der Waals surface area contributed by atoms with Crippen LogP contribution in [-0.2, 0) is 14.4 Å². The smallest absolute Gasteiger partial charge is 0.253 e. The standard InChI is InChI=1S/C15H19N3O4/c1-10(19)7-8-13(20)17-16-12-9-14(21)18(15(12)22)11-5-3-2-4-6-11/h2-6,10,12,16,19H,7-9H2,1H3,(H,17,20)/t10-,12+/m1/s1. The summed E-state index contributed by atoms with van der Waals surface area (Å²) in [5.41, 5.74) is 5.51. The minimum Gasteiger partial charge on any atom is -0.393 e. The lowest BCUT2D eigenvalue weighted by Gasteiger charge is -2.15. The highest BCUT2D eigenvalue weighted by atomic mass is 16.3. The van der Waals surface area contributed by atoms with Crippen molar-refractivity contribution in [3.05, 3.63) is 30.3 Å². The van der Waals surface area contributed by atoms with Crippen molar-refractivity contribution in [2.75, 3.05) is 4.90 Å².